The van der Waals surface area contributed by atoms with Crippen molar-refractivity contribution in [3.8, 4) is 0 Å². The molecule has 0 saturated heterocycles. The van der Waals surface area contributed by atoms with Crippen LogP contribution in [0.1, 0.15) is 12.5 Å². The van der Waals surface area contributed by atoms with Gasteiger partial charge in [-0.25, -0.2) is 4.98 Å². The summed E-state index contributed by atoms with van der Waals surface area (Å²) in [5.74, 6) is 1.49. The Labute approximate surface area is 101 Å². The van der Waals surface area contributed by atoms with Gasteiger partial charge >= 0.3 is 0 Å². The van der Waals surface area contributed by atoms with Gasteiger partial charge in [-0.2, -0.15) is 0 Å². The number of aryl methyl sites for hydroxylation is 1. The molecule has 0 spiro atoms. The molecule has 0 amide bonds. The third-order valence-corrected chi connectivity index (χ3v) is 3.32. The van der Waals surface area contributed by atoms with Gasteiger partial charge in [0.1, 0.15) is 5.82 Å². The second-order valence-corrected chi connectivity index (χ2v) is 6.00. The van der Waals surface area contributed by atoms with E-state index in [9.17, 15) is 4.21 Å². The monoisotopic (exact) mass is 290 g/mol. The first kappa shape index (κ1) is 12.6. The molecule has 15 heavy (non-hydrogen) atoms. The van der Waals surface area contributed by atoms with Crippen LogP contribution in [0.3, 0.4) is 0 Å². The van der Waals surface area contributed by atoms with Gasteiger partial charge in [-0.05, 0) is 41.4 Å². The van der Waals surface area contributed by atoms with Crippen LogP contribution in [-0.2, 0) is 10.8 Å². The van der Waals surface area contributed by atoms with E-state index in [-0.39, 0.29) is 6.04 Å². The lowest BCUT2D eigenvalue weighted by atomic mass is 10.2. The van der Waals surface area contributed by atoms with Crippen molar-refractivity contribution < 1.29 is 4.21 Å². The van der Waals surface area contributed by atoms with Gasteiger partial charge < -0.3 is 5.32 Å². The Balaban J connectivity index is 2.68. The SMILES string of the molecule is Cc1cc(Br)cnc1NC(C)CS(C)=O. The number of pyridine rings is 1. The fraction of sp³-hybridized carbons (Fsp3) is 0.500. The third kappa shape index (κ3) is 4.30. The first-order chi connectivity index (χ1) is 6.99. The number of aromatic nitrogens is 1. The normalized spacial score (nSPS) is 14.7. The van der Waals surface area contributed by atoms with Gasteiger partial charge in [0, 0.05) is 39.5 Å². The van der Waals surface area contributed by atoms with E-state index < -0.39 is 10.8 Å². The zero-order chi connectivity index (χ0) is 11.4. The molecule has 0 saturated carbocycles. The molecule has 0 aliphatic heterocycles. The number of rotatable bonds is 4. The zero-order valence-electron chi connectivity index (χ0n) is 9.08. The molecular formula is C10H15BrN2OS. The van der Waals surface area contributed by atoms with Crippen LogP contribution >= 0.6 is 15.9 Å². The zero-order valence-corrected chi connectivity index (χ0v) is 11.5. The fourth-order valence-corrected chi connectivity index (χ4v) is 2.55. The summed E-state index contributed by atoms with van der Waals surface area (Å²) in [4.78, 5) is 4.27. The van der Waals surface area contributed by atoms with Crippen molar-refractivity contribution in [1.29, 1.82) is 0 Å². The maximum atomic E-state index is 11.0. The van der Waals surface area contributed by atoms with Crippen molar-refractivity contribution >= 4 is 32.5 Å². The highest BCUT2D eigenvalue weighted by molar-refractivity contribution is 9.10. The Morgan fingerprint density at radius 1 is 1.67 bits per heavy atom. The lowest BCUT2D eigenvalue weighted by Gasteiger charge is -2.14. The average molecular weight is 291 g/mol. The van der Waals surface area contributed by atoms with E-state index >= 15 is 0 Å². The van der Waals surface area contributed by atoms with Crippen molar-refractivity contribution in [2.45, 2.75) is 19.9 Å². The van der Waals surface area contributed by atoms with E-state index in [4.69, 9.17) is 0 Å². The van der Waals surface area contributed by atoms with Crippen LogP contribution in [0, 0.1) is 6.92 Å². The lowest BCUT2D eigenvalue weighted by Crippen LogP contribution is -2.23. The van der Waals surface area contributed by atoms with Gasteiger partial charge in [0.05, 0.1) is 0 Å². The molecule has 1 heterocycles. The molecule has 3 nitrogen and oxygen atoms in total. The largest absolute Gasteiger partial charge is 0.366 e. The molecule has 0 aromatic carbocycles. The lowest BCUT2D eigenvalue weighted by molar-refractivity contribution is 0.683. The van der Waals surface area contributed by atoms with Gasteiger partial charge in [0.15, 0.2) is 0 Å². The third-order valence-electron chi connectivity index (χ3n) is 1.91. The van der Waals surface area contributed by atoms with E-state index in [1.807, 2.05) is 19.9 Å². The van der Waals surface area contributed by atoms with Gasteiger partial charge in [-0.3, -0.25) is 4.21 Å². The Morgan fingerprint density at radius 2 is 2.33 bits per heavy atom. The van der Waals surface area contributed by atoms with Crippen molar-refractivity contribution in [2.75, 3.05) is 17.3 Å². The highest BCUT2D eigenvalue weighted by Crippen LogP contribution is 2.17. The predicted molar refractivity (Wildman–Crippen MR) is 68.7 cm³/mol. The maximum Gasteiger partial charge on any atom is 0.129 e. The Hall–Kier alpha value is -0.420. The van der Waals surface area contributed by atoms with E-state index in [1.165, 1.54) is 0 Å². The Morgan fingerprint density at radius 3 is 2.87 bits per heavy atom. The quantitative estimate of drug-likeness (QED) is 0.925. The molecule has 1 rings (SSSR count). The van der Waals surface area contributed by atoms with Crippen LogP contribution in [0.25, 0.3) is 0 Å². The Bertz CT molecular complexity index is 370. The second kappa shape index (κ2) is 5.61. The van der Waals surface area contributed by atoms with E-state index in [1.54, 1.807) is 12.5 Å². The highest BCUT2D eigenvalue weighted by Gasteiger charge is 2.07. The minimum Gasteiger partial charge on any atom is -0.366 e. The second-order valence-electron chi connectivity index (χ2n) is 3.60. The minimum atomic E-state index is -0.780. The molecule has 0 fully saturated rings. The van der Waals surface area contributed by atoms with Crippen LogP contribution in [-0.4, -0.2) is 27.2 Å². The summed E-state index contributed by atoms with van der Waals surface area (Å²) in [5, 5.41) is 3.24. The van der Waals surface area contributed by atoms with Crippen LogP contribution in [0.2, 0.25) is 0 Å². The summed E-state index contributed by atoms with van der Waals surface area (Å²) in [5.41, 5.74) is 1.08. The molecule has 2 unspecified atom stereocenters. The molecule has 2 atom stereocenters. The molecule has 84 valence electrons. The summed E-state index contributed by atoms with van der Waals surface area (Å²) < 4.78 is 12.0. The number of halogens is 1. The molecule has 1 aromatic rings. The van der Waals surface area contributed by atoms with Crippen molar-refractivity contribution in [3.63, 3.8) is 0 Å². The molecule has 0 radical (unpaired) electrons. The van der Waals surface area contributed by atoms with E-state index in [0.29, 0.717) is 5.75 Å². The van der Waals surface area contributed by atoms with Crippen LogP contribution < -0.4 is 5.32 Å². The van der Waals surface area contributed by atoms with Crippen LogP contribution in [0.15, 0.2) is 16.7 Å². The number of nitrogens with zero attached hydrogens (tertiary/aromatic N) is 1. The molecule has 0 aliphatic carbocycles. The summed E-state index contributed by atoms with van der Waals surface area (Å²) in [6, 6.07) is 2.17. The molecule has 0 bridgehead atoms. The van der Waals surface area contributed by atoms with Gasteiger partial charge in [0.2, 0.25) is 0 Å². The fourth-order valence-electron chi connectivity index (χ4n) is 1.32. The first-order valence-electron chi connectivity index (χ1n) is 4.67. The summed E-state index contributed by atoms with van der Waals surface area (Å²) in [7, 11) is -0.780. The van der Waals surface area contributed by atoms with E-state index in [2.05, 4.69) is 26.2 Å². The smallest absolute Gasteiger partial charge is 0.129 e. The average Bonchev–Trinajstić information content (AvgIpc) is 2.08. The molecule has 0 aliphatic rings. The first-order valence-corrected chi connectivity index (χ1v) is 7.19. The van der Waals surface area contributed by atoms with Crippen LogP contribution in [0.4, 0.5) is 5.82 Å². The van der Waals surface area contributed by atoms with Gasteiger partial charge in [-0.1, -0.05) is 0 Å². The van der Waals surface area contributed by atoms with Crippen molar-refractivity contribution in [2.24, 2.45) is 0 Å². The molecule has 1 N–H and O–H groups in total. The van der Waals surface area contributed by atoms with Gasteiger partial charge in [-0.15, -0.1) is 0 Å². The summed E-state index contributed by atoms with van der Waals surface area (Å²) in [6.07, 6.45) is 3.46. The topological polar surface area (TPSA) is 42.0 Å². The minimum absolute atomic E-state index is 0.170. The van der Waals surface area contributed by atoms with Crippen molar-refractivity contribution in [1.82, 2.24) is 4.98 Å². The summed E-state index contributed by atoms with van der Waals surface area (Å²) in [6.45, 7) is 4.00. The van der Waals surface area contributed by atoms with Gasteiger partial charge in [0.25, 0.3) is 0 Å². The molecular weight excluding hydrogens is 276 g/mol. The maximum absolute atomic E-state index is 11.0. The summed E-state index contributed by atoms with van der Waals surface area (Å²) >= 11 is 3.36. The van der Waals surface area contributed by atoms with E-state index in [0.717, 1.165) is 15.9 Å². The standard InChI is InChI=1S/C10H15BrN2OS/c1-7-4-9(11)5-12-10(7)13-8(2)6-15(3)14/h4-5,8H,6H2,1-3H3,(H,12,13). The number of hydrogen-bond donors (Lipinski definition) is 1. The molecule has 1 aromatic heterocycles. The molecule has 5 heteroatoms. The van der Waals surface area contributed by atoms with Crippen LogP contribution in [0.5, 0.6) is 0 Å². The number of hydrogen-bond acceptors (Lipinski definition) is 3. The number of anilines is 1. The highest BCUT2D eigenvalue weighted by atomic mass is 79.9. The predicted octanol–water partition coefficient (Wildman–Crippen LogP) is 2.33. The Kier molecular flexibility index (Phi) is 4.73. The van der Waals surface area contributed by atoms with Crippen molar-refractivity contribution in [3.05, 3.63) is 22.3 Å². The number of nitrogens with one attached hydrogen (secondary N) is 1.